The number of hydrogen-bond acceptors (Lipinski definition) is 3. The van der Waals surface area contributed by atoms with E-state index in [1.165, 1.54) is 5.56 Å². The molecule has 1 aliphatic carbocycles. The topological polar surface area (TPSA) is 44.1 Å². The summed E-state index contributed by atoms with van der Waals surface area (Å²) in [4.78, 5) is 16.4. The Balaban J connectivity index is 1.90. The Bertz CT molecular complexity index is 739. The Kier molecular flexibility index (Phi) is 3.84. The molecule has 0 spiro atoms. The number of aryl methyl sites for hydroxylation is 1. The Hall–Kier alpha value is -2.36. The summed E-state index contributed by atoms with van der Waals surface area (Å²) in [6.45, 7) is 9.88. The van der Waals surface area contributed by atoms with Crippen molar-refractivity contribution in [2.45, 2.75) is 45.3 Å². The second-order valence-electron chi connectivity index (χ2n) is 6.96. The molecule has 0 aliphatic heterocycles. The molecule has 1 unspecified atom stereocenters. The summed E-state index contributed by atoms with van der Waals surface area (Å²) in [5.74, 6) is -0.294. The number of benzene rings is 1. The smallest absolute Gasteiger partial charge is 0.338 e. The number of esters is 1. The summed E-state index contributed by atoms with van der Waals surface area (Å²) < 4.78 is 7.54. The number of ether oxygens (including phenoxy) is 1. The van der Waals surface area contributed by atoms with Gasteiger partial charge in [-0.05, 0) is 62.4 Å². The molecule has 1 aromatic heterocycles. The van der Waals surface area contributed by atoms with E-state index in [1.54, 1.807) is 6.20 Å². The first kappa shape index (κ1) is 15.5. The van der Waals surface area contributed by atoms with Crippen LogP contribution in [0.25, 0.3) is 5.57 Å². The van der Waals surface area contributed by atoms with Gasteiger partial charge in [-0.25, -0.2) is 9.78 Å². The average Bonchev–Trinajstić information content (AvgIpc) is 2.99. The number of allylic oxidation sites excluding steroid dienone is 1. The second kappa shape index (κ2) is 5.69. The van der Waals surface area contributed by atoms with E-state index in [0.717, 1.165) is 24.0 Å². The molecule has 23 heavy (non-hydrogen) atoms. The number of rotatable bonds is 2. The molecule has 0 radical (unpaired) electrons. The maximum atomic E-state index is 12.3. The quantitative estimate of drug-likeness (QED) is 0.786. The molecule has 0 N–H and O–H groups in total. The van der Waals surface area contributed by atoms with Crippen LogP contribution >= 0.6 is 0 Å². The van der Waals surface area contributed by atoms with E-state index in [0.29, 0.717) is 5.56 Å². The van der Waals surface area contributed by atoms with Gasteiger partial charge in [0.05, 0.1) is 17.9 Å². The number of aromatic nitrogens is 2. The van der Waals surface area contributed by atoms with Crippen LogP contribution in [0.3, 0.4) is 0 Å². The highest BCUT2D eigenvalue weighted by Gasteiger charge is 2.25. The minimum Gasteiger partial charge on any atom is -0.456 e. The van der Waals surface area contributed by atoms with Gasteiger partial charge in [0.2, 0.25) is 0 Å². The highest BCUT2D eigenvalue weighted by Crippen LogP contribution is 2.37. The van der Waals surface area contributed by atoms with Crippen LogP contribution < -0.4 is 0 Å². The lowest BCUT2D eigenvalue weighted by atomic mass is 9.83. The van der Waals surface area contributed by atoms with Crippen LogP contribution in [0.1, 0.15) is 54.7 Å². The van der Waals surface area contributed by atoms with E-state index in [2.05, 4.69) is 16.1 Å². The fraction of sp³-hybridized carbons (Fsp3) is 0.368. The van der Waals surface area contributed by atoms with E-state index in [-0.39, 0.29) is 12.0 Å². The zero-order chi connectivity index (χ0) is 16.6. The van der Waals surface area contributed by atoms with Gasteiger partial charge in [0.15, 0.2) is 0 Å². The molecule has 0 amide bonds. The lowest BCUT2D eigenvalue weighted by molar-refractivity contribution is 0.00695. The normalized spacial score (nSPS) is 17.7. The predicted molar refractivity (Wildman–Crippen MR) is 90.2 cm³/mol. The number of nitrogens with zero attached hydrogens (tertiary/aromatic N) is 2. The summed E-state index contributed by atoms with van der Waals surface area (Å²) in [5.41, 5.74) is 3.39. The number of fused-ring (bicyclic) bond motifs is 1. The minimum atomic E-state index is -0.497. The molecule has 1 aliphatic rings. The van der Waals surface area contributed by atoms with Crippen LogP contribution in [0.2, 0.25) is 0 Å². The molecule has 1 atom stereocenters. The lowest BCUT2D eigenvalue weighted by Gasteiger charge is -2.28. The zero-order valence-electron chi connectivity index (χ0n) is 13.9. The van der Waals surface area contributed by atoms with Gasteiger partial charge < -0.3 is 9.30 Å². The van der Waals surface area contributed by atoms with Crippen molar-refractivity contribution >= 4 is 11.5 Å². The lowest BCUT2D eigenvalue weighted by Crippen LogP contribution is -2.24. The maximum Gasteiger partial charge on any atom is 0.338 e. The predicted octanol–water partition coefficient (Wildman–Crippen LogP) is 4.04. The van der Waals surface area contributed by atoms with Crippen molar-refractivity contribution in [2.24, 2.45) is 0 Å². The van der Waals surface area contributed by atoms with Gasteiger partial charge in [0, 0.05) is 12.4 Å². The van der Waals surface area contributed by atoms with Crippen molar-refractivity contribution in [3.8, 4) is 0 Å². The second-order valence-corrected chi connectivity index (χ2v) is 6.96. The largest absolute Gasteiger partial charge is 0.456 e. The SMILES string of the molecule is C=C1c2cc(C(=O)OC(C)(C)C)ccc2CCC1n1ccnc1. The molecular formula is C19H22N2O2. The third kappa shape index (κ3) is 3.21. The molecular weight excluding hydrogens is 288 g/mol. The average molecular weight is 310 g/mol. The molecule has 0 fully saturated rings. The van der Waals surface area contributed by atoms with Gasteiger partial charge in [-0.1, -0.05) is 12.6 Å². The van der Waals surface area contributed by atoms with Gasteiger partial charge in [-0.2, -0.15) is 0 Å². The third-order valence-corrected chi connectivity index (χ3v) is 4.06. The molecule has 4 nitrogen and oxygen atoms in total. The summed E-state index contributed by atoms with van der Waals surface area (Å²) in [6, 6.07) is 5.97. The first-order chi connectivity index (χ1) is 10.8. The summed E-state index contributed by atoms with van der Waals surface area (Å²) in [5, 5.41) is 0. The molecule has 0 saturated heterocycles. The minimum absolute atomic E-state index is 0.193. The Morgan fingerprint density at radius 3 is 2.83 bits per heavy atom. The van der Waals surface area contributed by atoms with Gasteiger partial charge >= 0.3 is 5.97 Å². The summed E-state index contributed by atoms with van der Waals surface area (Å²) in [7, 11) is 0. The van der Waals surface area contributed by atoms with E-state index < -0.39 is 5.60 Å². The molecule has 4 heteroatoms. The highest BCUT2D eigenvalue weighted by atomic mass is 16.6. The van der Waals surface area contributed by atoms with Crippen LogP contribution in [0.5, 0.6) is 0 Å². The van der Waals surface area contributed by atoms with Crippen molar-refractivity contribution in [2.75, 3.05) is 0 Å². The molecule has 1 heterocycles. The van der Waals surface area contributed by atoms with E-state index in [4.69, 9.17) is 4.74 Å². The van der Waals surface area contributed by atoms with Crippen LogP contribution in [0, 0.1) is 0 Å². The van der Waals surface area contributed by atoms with Crippen molar-refractivity contribution in [3.05, 3.63) is 60.2 Å². The van der Waals surface area contributed by atoms with Crippen molar-refractivity contribution in [1.82, 2.24) is 9.55 Å². The molecule has 3 rings (SSSR count). The Labute approximate surface area is 136 Å². The standard InChI is InChI=1S/C19H22N2O2/c1-13-16-11-15(18(22)23-19(2,3)4)6-5-14(16)7-8-17(13)21-10-9-20-12-21/h5-6,9-12,17H,1,7-8H2,2-4H3. The highest BCUT2D eigenvalue weighted by molar-refractivity contribution is 5.91. The summed E-state index contributed by atoms with van der Waals surface area (Å²) >= 11 is 0. The van der Waals surface area contributed by atoms with Gasteiger partial charge in [0.25, 0.3) is 0 Å². The maximum absolute atomic E-state index is 12.3. The molecule has 1 aromatic carbocycles. The van der Waals surface area contributed by atoms with E-state index >= 15 is 0 Å². The number of carbonyl (C=O) groups is 1. The van der Waals surface area contributed by atoms with Crippen molar-refractivity contribution in [3.63, 3.8) is 0 Å². The molecule has 120 valence electrons. The molecule has 2 aromatic rings. The van der Waals surface area contributed by atoms with Crippen molar-refractivity contribution in [1.29, 1.82) is 0 Å². The van der Waals surface area contributed by atoms with Gasteiger partial charge in [0.1, 0.15) is 5.60 Å². The number of hydrogen-bond donors (Lipinski definition) is 0. The first-order valence-corrected chi connectivity index (χ1v) is 7.88. The van der Waals surface area contributed by atoms with Crippen LogP contribution in [-0.4, -0.2) is 21.1 Å². The fourth-order valence-corrected chi connectivity index (χ4v) is 2.99. The van der Waals surface area contributed by atoms with E-state index in [1.807, 2.05) is 51.5 Å². The van der Waals surface area contributed by atoms with E-state index in [9.17, 15) is 4.79 Å². The fourth-order valence-electron chi connectivity index (χ4n) is 2.99. The Morgan fingerprint density at radius 1 is 1.39 bits per heavy atom. The van der Waals surface area contributed by atoms with Crippen LogP contribution in [0.15, 0.2) is 43.5 Å². The van der Waals surface area contributed by atoms with Crippen LogP contribution in [0.4, 0.5) is 0 Å². The molecule has 0 saturated carbocycles. The van der Waals surface area contributed by atoms with Gasteiger partial charge in [-0.3, -0.25) is 0 Å². The molecule has 0 bridgehead atoms. The van der Waals surface area contributed by atoms with Crippen molar-refractivity contribution < 1.29 is 9.53 Å². The van der Waals surface area contributed by atoms with Crippen LogP contribution in [-0.2, 0) is 11.2 Å². The van der Waals surface area contributed by atoms with Gasteiger partial charge in [-0.15, -0.1) is 0 Å². The third-order valence-electron chi connectivity index (χ3n) is 4.06. The summed E-state index contributed by atoms with van der Waals surface area (Å²) in [6.07, 6.45) is 7.51. The number of imidazole rings is 1. The first-order valence-electron chi connectivity index (χ1n) is 7.88. The monoisotopic (exact) mass is 310 g/mol. The number of carbonyl (C=O) groups excluding carboxylic acids is 1. The zero-order valence-corrected chi connectivity index (χ0v) is 13.9. The Morgan fingerprint density at radius 2 is 2.17 bits per heavy atom.